The summed E-state index contributed by atoms with van der Waals surface area (Å²) in [5, 5.41) is 0. The summed E-state index contributed by atoms with van der Waals surface area (Å²) in [5.41, 5.74) is 1.50. The van der Waals surface area contributed by atoms with Crippen LogP contribution >= 0.6 is 0 Å². The molecule has 17 heavy (non-hydrogen) atoms. The minimum absolute atomic E-state index is 0.0783. The van der Waals surface area contributed by atoms with Crippen LogP contribution in [0.15, 0.2) is 35.2 Å². The fourth-order valence-electron chi connectivity index (χ4n) is 2.06. The molecule has 1 aromatic rings. The molecule has 0 unspecified atom stereocenters. The molecule has 1 aliphatic carbocycles. The molecule has 0 spiro atoms. The number of rotatable bonds is 2. The predicted octanol–water partition coefficient (Wildman–Crippen LogP) is 2.23. The average Bonchev–Trinajstić information content (AvgIpc) is 2.28. The fourth-order valence-corrected chi connectivity index (χ4v) is 2.98. The summed E-state index contributed by atoms with van der Waals surface area (Å²) in [6, 6.07) is 6.85. The van der Waals surface area contributed by atoms with E-state index >= 15 is 0 Å². The van der Waals surface area contributed by atoms with Crippen molar-refractivity contribution in [3.05, 3.63) is 35.9 Å². The van der Waals surface area contributed by atoms with Gasteiger partial charge in [-0.3, -0.25) is 4.79 Å². The van der Waals surface area contributed by atoms with Gasteiger partial charge in [-0.1, -0.05) is 18.2 Å². The lowest BCUT2D eigenvalue weighted by atomic mass is 9.93. The van der Waals surface area contributed by atoms with E-state index < -0.39 is 9.84 Å². The van der Waals surface area contributed by atoms with Crippen LogP contribution in [0.2, 0.25) is 0 Å². The first-order valence-electron chi connectivity index (χ1n) is 5.51. The van der Waals surface area contributed by atoms with Crippen LogP contribution in [0, 0.1) is 0 Å². The fraction of sp³-hybridized carbons (Fsp3) is 0.308. The normalized spacial score (nSPS) is 16.8. The molecule has 0 fully saturated rings. The molecule has 1 aromatic carbocycles. The van der Waals surface area contributed by atoms with Crippen molar-refractivity contribution in [2.75, 3.05) is 6.26 Å². The Bertz CT molecular complexity index is 582. The van der Waals surface area contributed by atoms with Gasteiger partial charge < -0.3 is 0 Å². The van der Waals surface area contributed by atoms with E-state index in [1.165, 1.54) is 6.26 Å². The van der Waals surface area contributed by atoms with E-state index in [1.54, 1.807) is 30.3 Å². The molecule has 0 saturated heterocycles. The van der Waals surface area contributed by atoms with Crippen molar-refractivity contribution < 1.29 is 13.2 Å². The molecule has 0 heterocycles. The Morgan fingerprint density at radius 1 is 1.12 bits per heavy atom. The Labute approximate surface area is 101 Å². The van der Waals surface area contributed by atoms with Crippen LogP contribution in [0.3, 0.4) is 0 Å². The Balaban J connectivity index is 2.57. The quantitative estimate of drug-likeness (QED) is 0.808. The minimum atomic E-state index is -3.25. The molecule has 0 atom stereocenters. The van der Waals surface area contributed by atoms with E-state index in [9.17, 15) is 13.2 Å². The van der Waals surface area contributed by atoms with Gasteiger partial charge in [0.15, 0.2) is 15.6 Å². The van der Waals surface area contributed by atoms with Gasteiger partial charge in [-0.15, -0.1) is 0 Å². The molecule has 0 saturated carbocycles. The molecule has 0 amide bonds. The maximum atomic E-state index is 11.7. The molecule has 4 heteroatoms. The van der Waals surface area contributed by atoms with Gasteiger partial charge in [0, 0.05) is 12.7 Å². The highest BCUT2D eigenvalue weighted by Crippen LogP contribution is 2.29. The smallest absolute Gasteiger partial charge is 0.176 e. The maximum absolute atomic E-state index is 11.7. The molecule has 0 N–H and O–H groups in total. The van der Waals surface area contributed by atoms with Crippen molar-refractivity contribution >= 4 is 21.2 Å². The Morgan fingerprint density at radius 3 is 2.47 bits per heavy atom. The lowest BCUT2D eigenvalue weighted by molar-refractivity contribution is -0.114. The zero-order valence-corrected chi connectivity index (χ0v) is 10.5. The van der Waals surface area contributed by atoms with Crippen LogP contribution in [0.1, 0.15) is 24.8 Å². The van der Waals surface area contributed by atoms with E-state index in [0.29, 0.717) is 16.9 Å². The number of sulfone groups is 1. The summed E-state index contributed by atoms with van der Waals surface area (Å²) in [5.74, 6) is 0.0783. The van der Waals surface area contributed by atoms with Gasteiger partial charge in [0.2, 0.25) is 0 Å². The minimum Gasteiger partial charge on any atom is -0.295 e. The zero-order valence-electron chi connectivity index (χ0n) is 9.64. The van der Waals surface area contributed by atoms with Gasteiger partial charge >= 0.3 is 0 Å². The second-order valence-electron chi connectivity index (χ2n) is 4.26. The molecular formula is C13H14O3S. The largest absolute Gasteiger partial charge is 0.295 e. The summed E-state index contributed by atoms with van der Waals surface area (Å²) in [6.45, 7) is 0. The van der Waals surface area contributed by atoms with Gasteiger partial charge in [0.1, 0.15) is 0 Å². The molecule has 2 rings (SSSR count). The lowest BCUT2D eigenvalue weighted by Crippen LogP contribution is -2.06. The van der Waals surface area contributed by atoms with Crippen molar-refractivity contribution in [1.82, 2.24) is 0 Å². The van der Waals surface area contributed by atoms with Crippen LogP contribution < -0.4 is 0 Å². The third-order valence-corrected chi connectivity index (χ3v) is 3.99. The molecule has 90 valence electrons. The van der Waals surface area contributed by atoms with E-state index in [-0.39, 0.29) is 5.78 Å². The van der Waals surface area contributed by atoms with Gasteiger partial charge in [-0.05, 0) is 36.1 Å². The first-order chi connectivity index (χ1) is 7.98. The van der Waals surface area contributed by atoms with Crippen molar-refractivity contribution in [3.8, 4) is 0 Å². The molecule has 3 nitrogen and oxygen atoms in total. The highest BCUT2D eigenvalue weighted by atomic mass is 32.2. The number of carbonyl (C=O) groups is 1. The standard InChI is InChI=1S/C13H14O3S/c1-17(15,16)13-8-3-2-7-12(13)10-5-4-6-11(14)9-10/h2-3,7-9H,4-6H2,1H3. The molecule has 0 aromatic heterocycles. The molecule has 0 bridgehead atoms. The topological polar surface area (TPSA) is 51.2 Å². The van der Waals surface area contributed by atoms with Crippen molar-refractivity contribution in [2.24, 2.45) is 0 Å². The Morgan fingerprint density at radius 2 is 1.82 bits per heavy atom. The third-order valence-electron chi connectivity index (χ3n) is 2.84. The number of ketones is 1. The van der Waals surface area contributed by atoms with Gasteiger partial charge in [0.25, 0.3) is 0 Å². The molecule has 0 radical (unpaired) electrons. The highest BCUT2D eigenvalue weighted by Gasteiger charge is 2.18. The number of benzene rings is 1. The van der Waals surface area contributed by atoms with Gasteiger partial charge in [-0.2, -0.15) is 0 Å². The second kappa shape index (κ2) is 4.45. The van der Waals surface area contributed by atoms with Crippen LogP contribution in [-0.2, 0) is 14.6 Å². The maximum Gasteiger partial charge on any atom is 0.176 e. The average molecular weight is 250 g/mol. The summed E-state index contributed by atoms with van der Waals surface area (Å²) in [6.07, 6.45) is 4.89. The van der Waals surface area contributed by atoms with Gasteiger partial charge in [0.05, 0.1) is 4.90 Å². The highest BCUT2D eigenvalue weighted by molar-refractivity contribution is 7.90. The molecular weight excluding hydrogens is 236 g/mol. The van der Waals surface area contributed by atoms with Crippen molar-refractivity contribution in [1.29, 1.82) is 0 Å². The SMILES string of the molecule is CS(=O)(=O)c1ccccc1C1=CC(=O)CCC1. The van der Waals surface area contributed by atoms with Crippen LogP contribution in [0.5, 0.6) is 0 Å². The summed E-state index contributed by atoms with van der Waals surface area (Å²) >= 11 is 0. The zero-order chi connectivity index (χ0) is 12.5. The van der Waals surface area contributed by atoms with Crippen LogP contribution in [-0.4, -0.2) is 20.5 Å². The van der Waals surface area contributed by atoms with E-state index in [0.717, 1.165) is 18.4 Å². The molecule has 1 aliphatic rings. The number of allylic oxidation sites excluding steroid dienone is 2. The Hall–Kier alpha value is -1.42. The van der Waals surface area contributed by atoms with Crippen LogP contribution in [0.25, 0.3) is 5.57 Å². The van der Waals surface area contributed by atoms with Gasteiger partial charge in [-0.25, -0.2) is 8.42 Å². The third kappa shape index (κ3) is 2.64. The predicted molar refractivity (Wildman–Crippen MR) is 66.4 cm³/mol. The first kappa shape index (κ1) is 12.0. The number of hydrogen-bond donors (Lipinski definition) is 0. The first-order valence-corrected chi connectivity index (χ1v) is 7.40. The second-order valence-corrected chi connectivity index (χ2v) is 6.24. The monoisotopic (exact) mass is 250 g/mol. The lowest BCUT2D eigenvalue weighted by Gasteiger charge is -2.15. The van der Waals surface area contributed by atoms with E-state index in [1.807, 2.05) is 0 Å². The van der Waals surface area contributed by atoms with Crippen LogP contribution in [0.4, 0.5) is 0 Å². The number of carbonyl (C=O) groups excluding carboxylic acids is 1. The summed E-state index contributed by atoms with van der Waals surface area (Å²) in [4.78, 5) is 11.7. The summed E-state index contributed by atoms with van der Waals surface area (Å²) in [7, 11) is -3.25. The van der Waals surface area contributed by atoms with Crippen molar-refractivity contribution in [3.63, 3.8) is 0 Å². The summed E-state index contributed by atoms with van der Waals surface area (Å²) < 4.78 is 23.3. The number of hydrogen-bond acceptors (Lipinski definition) is 3. The van der Waals surface area contributed by atoms with E-state index in [2.05, 4.69) is 0 Å². The van der Waals surface area contributed by atoms with E-state index in [4.69, 9.17) is 0 Å². The van der Waals surface area contributed by atoms with Crippen molar-refractivity contribution in [2.45, 2.75) is 24.2 Å². The Kier molecular flexibility index (Phi) is 3.15. The molecule has 0 aliphatic heterocycles.